The molecule has 6 nitrogen and oxygen atoms in total. The van der Waals surface area contributed by atoms with Crippen LogP contribution in [0.3, 0.4) is 0 Å². The van der Waals surface area contributed by atoms with Crippen molar-refractivity contribution in [3.8, 4) is 5.75 Å². The maximum absolute atomic E-state index is 12.7. The van der Waals surface area contributed by atoms with Crippen LogP contribution in [-0.2, 0) is 11.3 Å². The molecule has 0 unspecified atom stereocenters. The summed E-state index contributed by atoms with van der Waals surface area (Å²) in [6, 6.07) is 8.09. The molecule has 6 heteroatoms. The molecule has 0 saturated heterocycles. The van der Waals surface area contributed by atoms with Crippen LogP contribution in [-0.4, -0.2) is 42.1 Å². The zero-order chi connectivity index (χ0) is 20.7. The summed E-state index contributed by atoms with van der Waals surface area (Å²) in [6.07, 6.45) is 9.51. The highest BCUT2D eigenvalue weighted by molar-refractivity contribution is 5.95. The maximum Gasteiger partial charge on any atom is 0.321 e. The largest absolute Gasteiger partial charge is 0.497 e. The lowest BCUT2D eigenvalue weighted by Gasteiger charge is -2.56. The van der Waals surface area contributed by atoms with Crippen LogP contribution in [0.2, 0.25) is 0 Å². The van der Waals surface area contributed by atoms with Crippen molar-refractivity contribution in [2.75, 3.05) is 13.7 Å². The topological polar surface area (TPSA) is 70.7 Å². The normalized spacial score (nSPS) is 31.6. The average molecular weight is 412 g/mol. The lowest BCUT2D eigenvalue weighted by Crippen LogP contribution is -2.62. The minimum atomic E-state index is -0.304. The van der Waals surface area contributed by atoms with Gasteiger partial charge in [-0.1, -0.05) is 12.1 Å². The van der Waals surface area contributed by atoms with E-state index in [0.717, 1.165) is 61.2 Å². The molecule has 6 rings (SSSR count). The third-order valence-electron chi connectivity index (χ3n) is 7.62. The van der Waals surface area contributed by atoms with Crippen molar-refractivity contribution in [3.63, 3.8) is 0 Å². The Morgan fingerprint density at radius 2 is 1.63 bits per heavy atom. The molecule has 5 aliphatic rings. The number of nitrogens with zero attached hydrogens (tertiary/aromatic N) is 1. The molecule has 0 heterocycles. The van der Waals surface area contributed by atoms with E-state index in [1.54, 1.807) is 7.11 Å². The SMILES string of the molecule is COc1ccc(CN(CC(=O)NC(=O)NC23CC4CC(CC(C4)C2)C3)C2CC2)cc1. The number of hydrogen-bond acceptors (Lipinski definition) is 4. The van der Waals surface area contributed by atoms with Crippen LogP contribution in [0.15, 0.2) is 24.3 Å². The van der Waals surface area contributed by atoms with Gasteiger partial charge in [0.2, 0.25) is 5.91 Å². The lowest BCUT2D eigenvalue weighted by molar-refractivity contribution is -0.121. The quantitative estimate of drug-likeness (QED) is 0.721. The number of carbonyl (C=O) groups is 2. The van der Waals surface area contributed by atoms with Crippen molar-refractivity contribution in [2.45, 2.75) is 69.5 Å². The van der Waals surface area contributed by atoms with Crippen molar-refractivity contribution in [3.05, 3.63) is 29.8 Å². The summed E-state index contributed by atoms with van der Waals surface area (Å²) in [4.78, 5) is 27.5. The van der Waals surface area contributed by atoms with Gasteiger partial charge in [0.1, 0.15) is 5.75 Å². The highest BCUT2D eigenvalue weighted by Gasteiger charge is 2.51. The summed E-state index contributed by atoms with van der Waals surface area (Å²) < 4.78 is 5.22. The van der Waals surface area contributed by atoms with Crippen molar-refractivity contribution < 1.29 is 14.3 Å². The molecule has 3 amide bonds. The van der Waals surface area contributed by atoms with Crippen molar-refractivity contribution in [1.82, 2.24) is 15.5 Å². The first-order valence-corrected chi connectivity index (χ1v) is 11.5. The third-order valence-corrected chi connectivity index (χ3v) is 7.62. The molecule has 162 valence electrons. The number of hydrogen-bond donors (Lipinski definition) is 2. The van der Waals surface area contributed by atoms with Gasteiger partial charge in [0.05, 0.1) is 13.7 Å². The first kappa shape index (κ1) is 19.9. The van der Waals surface area contributed by atoms with Gasteiger partial charge in [0.15, 0.2) is 0 Å². The van der Waals surface area contributed by atoms with E-state index in [9.17, 15) is 9.59 Å². The van der Waals surface area contributed by atoms with E-state index < -0.39 is 0 Å². The molecule has 1 aromatic carbocycles. The minimum absolute atomic E-state index is 0.0710. The Hall–Kier alpha value is -2.08. The number of nitrogens with one attached hydrogen (secondary N) is 2. The van der Waals surface area contributed by atoms with Crippen molar-refractivity contribution in [2.24, 2.45) is 17.8 Å². The second kappa shape index (κ2) is 7.88. The van der Waals surface area contributed by atoms with E-state index in [4.69, 9.17) is 4.74 Å². The second-order valence-electron chi connectivity index (χ2n) is 10.2. The van der Waals surface area contributed by atoms with Gasteiger partial charge in [-0.2, -0.15) is 0 Å². The number of imide groups is 1. The van der Waals surface area contributed by atoms with Crippen LogP contribution in [0.1, 0.15) is 56.9 Å². The lowest BCUT2D eigenvalue weighted by atomic mass is 9.53. The van der Waals surface area contributed by atoms with Crippen LogP contribution in [0, 0.1) is 17.8 Å². The van der Waals surface area contributed by atoms with Gasteiger partial charge >= 0.3 is 6.03 Å². The predicted octanol–water partition coefficient (Wildman–Crippen LogP) is 3.45. The Labute approximate surface area is 178 Å². The number of carbonyl (C=O) groups excluding carboxylic acids is 2. The highest BCUT2D eigenvalue weighted by Crippen LogP contribution is 2.55. The first-order valence-electron chi connectivity index (χ1n) is 11.5. The number of rotatable bonds is 7. The van der Waals surface area contributed by atoms with Crippen LogP contribution in [0.5, 0.6) is 5.75 Å². The zero-order valence-electron chi connectivity index (χ0n) is 17.9. The van der Waals surface area contributed by atoms with Crippen LogP contribution < -0.4 is 15.4 Å². The minimum Gasteiger partial charge on any atom is -0.497 e. The van der Waals surface area contributed by atoms with E-state index in [2.05, 4.69) is 15.5 Å². The molecule has 5 fully saturated rings. The van der Waals surface area contributed by atoms with Crippen LogP contribution in [0.25, 0.3) is 0 Å². The predicted molar refractivity (Wildman–Crippen MR) is 114 cm³/mol. The van der Waals surface area contributed by atoms with Gasteiger partial charge in [-0.15, -0.1) is 0 Å². The summed E-state index contributed by atoms with van der Waals surface area (Å²) in [5.41, 5.74) is 1.08. The standard InChI is InChI=1S/C24H33N3O3/c1-30-21-6-2-16(3-7-21)14-27(20-4-5-20)15-22(28)25-23(29)26-24-11-17-8-18(12-24)10-19(9-17)13-24/h2-3,6-7,17-20H,4-5,8-15H2,1H3,(H2,25,26,28,29). The molecule has 0 radical (unpaired) electrons. The number of benzene rings is 1. The van der Waals surface area contributed by atoms with Gasteiger partial charge < -0.3 is 10.1 Å². The van der Waals surface area contributed by atoms with E-state index >= 15 is 0 Å². The maximum atomic E-state index is 12.7. The first-order chi connectivity index (χ1) is 14.5. The molecule has 0 atom stereocenters. The fourth-order valence-electron chi connectivity index (χ4n) is 6.61. The molecule has 5 saturated carbocycles. The molecule has 0 aliphatic heterocycles. The fraction of sp³-hybridized carbons (Fsp3) is 0.667. The highest BCUT2D eigenvalue weighted by atomic mass is 16.5. The number of amides is 3. The van der Waals surface area contributed by atoms with Crippen molar-refractivity contribution >= 4 is 11.9 Å². The Morgan fingerprint density at radius 3 is 2.17 bits per heavy atom. The Morgan fingerprint density at radius 1 is 1.03 bits per heavy atom. The van der Waals surface area contributed by atoms with Crippen LogP contribution in [0.4, 0.5) is 4.79 Å². The summed E-state index contributed by atoms with van der Waals surface area (Å²) in [5, 5.41) is 5.85. The molecular formula is C24H33N3O3. The second-order valence-corrected chi connectivity index (χ2v) is 10.2. The Kier molecular flexibility index (Phi) is 5.21. The molecule has 0 aromatic heterocycles. The molecule has 2 N–H and O–H groups in total. The third kappa shape index (κ3) is 4.34. The summed E-state index contributed by atoms with van der Waals surface area (Å²) in [5.74, 6) is 2.92. The van der Waals surface area contributed by atoms with Crippen molar-refractivity contribution in [1.29, 1.82) is 0 Å². The smallest absolute Gasteiger partial charge is 0.321 e. The number of urea groups is 1. The fourth-order valence-corrected chi connectivity index (χ4v) is 6.61. The van der Waals surface area contributed by atoms with Gasteiger partial charge in [0, 0.05) is 18.1 Å². The van der Waals surface area contributed by atoms with E-state index in [1.165, 1.54) is 19.3 Å². The van der Waals surface area contributed by atoms with Gasteiger partial charge in [-0.25, -0.2) is 4.79 Å². The Bertz CT molecular complexity index is 767. The summed E-state index contributed by atoms with van der Waals surface area (Å²) in [6.45, 7) is 0.962. The molecule has 1 aromatic rings. The van der Waals surface area contributed by atoms with E-state index in [1.807, 2.05) is 24.3 Å². The summed E-state index contributed by atoms with van der Waals surface area (Å²) in [7, 11) is 1.66. The van der Waals surface area contributed by atoms with E-state index in [-0.39, 0.29) is 24.0 Å². The monoisotopic (exact) mass is 411 g/mol. The number of methoxy groups -OCH3 is 1. The van der Waals surface area contributed by atoms with Gasteiger partial charge in [-0.05, 0) is 86.8 Å². The summed E-state index contributed by atoms with van der Waals surface area (Å²) >= 11 is 0. The molecule has 30 heavy (non-hydrogen) atoms. The molecule has 0 spiro atoms. The van der Waals surface area contributed by atoms with Gasteiger partial charge in [-0.3, -0.25) is 15.0 Å². The van der Waals surface area contributed by atoms with Gasteiger partial charge in [0.25, 0.3) is 0 Å². The zero-order valence-corrected chi connectivity index (χ0v) is 17.9. The molecule has 5 aliphatic carbocycles. The Balaban J connectivity index is 1.15. The average Bonchev–Trinajstić information content (AvgIpc) is 3.51. The van der Waals surface area contributed by atoms with Crippen LogP contribution >= 0.6 is 0 Å². The molecular weight excluding hydrogens is 378 g/mol. The van der Waals surface area contributed by atoms with E-state index in [0.29, 0.717) is 12.6 Å². The molecule has 4 bridgehead atoms. The number of ether oxygens (including phenoxy) is 1.